The van der Waals surface area contributed by atoms with Crippen LogP contribution in [0, 0.1) is 0 Å². The SMILES string of the molecule is CCNCCS(=O)(=O)N1CCC(OCC)CC1. The third-order valence-corrected chi connectivity index (χ3v) is 4.86. The van der Waals surface area contributed by atoms with Crippen LogP contribution in [-0.2, 0) is 14.8 Å². The van der Waals surface area contributed by atoms with Gasteiger partial charge in [-0.1, -0.05) is 6.92 Å². The van der Waals surface area contributed by atoms with Crippen LogP contribution < -0.4 is 5.32 Å². The van der Waals surface area contributed by atoms with E-state index in [2.05, 4.69) is 5.32 Å². The first kappa shape index (κ1) is 14.9. The molecule has 0 aliphatic carbocycles. The smallest absolute Gasteiger partial charge is 0.215 e. The Hall–Kier alpha value is -0.170. The van der Waals surface area contributed by atoms with Crippen molar-refractivity contribution in [2.75, 3.05) is 38.5 Å². The Morgan fingerprint density at radius 1 is 1.29 bits per heavy atom. The zero-order valence-corrected chi connectivity index (χ0v) is 11.6. The molecule has 1 fully saturated rings. The van der Waals surface area contributed by atoms with Crippen molar-refractivity contribution in [2.24, 2.45) is 0 Å². The Bertz CT molecular complexity index is 298. The fourth-order valence-corrected chi connectivity index (χ4v) is 3.45. The zero-order valence-electron chi connectivity index (χ0n) is 10.8. The number of hydrogen-bond donors (Lipinski definition) is 1. The number of rotatable bonds is 7. The lowest BCUT2D eigenvalue weighted by Crippen LogP contribution is -2.43. The fraction of sp³-hybridized carbons (Fsp3) is 1.00. The van der Waals surface area contributed by atoms with Gasteiger partial charge in [0, 0.05) is 26.2 Å². The molecule has 0 aromatic rings. The van der Waals surface area contributed by atoms with E-state index in [0.717, 1.165) is 19.4 Å². The first-order valence-corrected chi connectivity index (χ1v) is 8.01. The lowest BCUT2D eigenvalue weighted by molar-refractivity contribution is 0.0290. The van der Waals surface area contributed by atoms with E-state index in [1.54, 1.807) is 4.31 Å². The molecule has 0 aromatic heterocycles. The van der Waals surface area contributed by atoms with Crippen LogP contribution in [0.4, 0.5) is 0 Å². The molecule has 0 spiro atoms. The van der Waals surface area contributed by atoms with Gasteiger partial charge in [-0.05, 0) is 26.3 Å². The minimum Gasteiger partial charge on any atom is -0.378 e. The molecule has 0 saturated carbocycles. The van der Waals surface area contributed by atoms with Gasteiger partial charge in [0.05, 0.1) is 11.9 Å². The summed E-state index contributed by atoms with van der Waals surface area (Å²) in [5, 5.41) is 3.04. The molecule has 0 amide bonds. The van der Waals surface area contributed by atoms with E-state index in [0.29, 0.717) is 26.2 Å². The molecule has 0 atom stereocenters. The van der Waals surface area contributed by atoms with E-state index in [1.807, 2.05) is 13.8 Å². The van der Waals surface area contributed by atoms with Crippen molar-refractivity contribution in [1.82, 2.24) is 9.62 Å². The highest BCUT2D eigenvalue weighted by Gasteiger charge is 2.27. The lowest BCUT2D eigenvalue weighted by Gasteiger charge is -2.31. The van der Waals surface area contributed by atoms with E-state index in [4.69, 9.17) is 4.74 Å². The highest BCUT2D eigenvalue weighted by molar-refractivity contribution is 7.89. The molecule has 102 valence electrons. The highest BCUT2D eigenvalue weighted by Crippen LogP contribution is 2.16. The largest absolute Gasteiger partial charge is 0.378 e. The third-order valence-electron chi connectivity index (χ3n) is 2.98. The van der Waals surface area contributed by atoms with E-state index < -0.39 is 10.0 Å². The molecule has 1 heterocycles. The first-order chi connectivity index (χ1) is 8.10. The van der Waals surface area contributed by atoms with Crippen molar-refractivity contribution in [1.29, 1.82) is 0 Å². The van der Waals surface area contributed by atoms with Crippen LogP contribution >= 0.6 is 0 Å². The van der Waals surface area contributed by atoms with Crippen molar-refractivity contribution in [3.8, 4) is 0 Å². The van der Waals surface area contributed by atoms with Crippen LogP contribution in [0.25, 0.3) is 0 Å². The molecule has 0 bridgehead atoms. The van der Waals surface area contributed by atoms with Gasteiger partial charge < -0.3 is 10.1 Å². The third kappa shape index (κ3) is 4.91. The van der Waals surface area contributed by atoms with E-state index >= 15 is 0 Å². The second-order valence-corrected chi connectivity index (χ2v) is 6.31. The van der Waals surface area contributed by atoms with Crippen molar-refractivity contribution >= 4 is 10.0 Å². The summed E-state index contributed by atoms with van der Waals surface area (Å²) in [6, 6.07) is 0. The second kappa shape index (κ2) is 7.31. The number of ether oxygens (including phenoxy) is 1. The maximum Gasteiger partial charge on any atom is 0.215 e. The molecule has 0 unspecified atom stereocenters. The fourth-order valence-electron chi connectivity index (χ4n) is 2.02. The molecule has 0 radical (unpaired) electrons. The molecule has 17 heavy (non-hydrogen) atoms. The van der Waals surface area contributed by atoms with Crippen LogP contribution in [0.2, 0.25) is 0 Å². The zero-order chi connectivity index (χ0) is 12.7. The van der Waals surface area contributed by atoms with Gasteiger partial charge in [-0.2, -0.15) is 0 Å². The number of nitrogens with zero attached hydrogens (tertiary/aromatic N) is 1. The molecule has 5 nitrogen and oxygen atoms in total. The summed E-state index contributed by atoms with van der Waals surface area (Å²) in [7, 11) is -3.08. The average molecular weight is 264 g/mol. The van der Waals surface area contributed by atoms with Crippen molar-refractivity contribution in [3.05, 3.63) is 0 Å². The predicted octanol–water partition coefficient (Wildman–Crippen LogP) is 0.427. The monoisotopic (exact) mass is 264 g/mol. The summed E-state index contributed by atoms with van der Waals surface area (Å²) < 4.78 is 31.0. The molecular weight excluding hydrogens is 240 g/mol. The van der Waals surface area contributed by atoms with Crippen molar-refractivity contribution < 1.29 is 13.2 Å². The molecule has 1 saturated heterocycles. The van der Waals surface area contributed by atoms with Gasteiger partial charge in [-0.3, -0.25) is 0 Å². The van der Waals surface area contributed by atoms with Crippen LogP contribution in [0.5, 0.6) is 0 Å². The Kier molecular flexibility index (Phi) is 6.40. The quantitative estimate of drug-likeness (QED) is 0.677. The van der Waals surface area contributed by atoms with E-state index in [9.17, 15) is 8.42 Å². The Balaban J connectivity index is 2.36. The predicted molar refractivity (Wildman–Crippen MR) is 68.6 cm³/mol. The van der Waals surface area contributed by atoms with Gasteiger partial charge in [0.2, 0.25) is 10.0 Å². The maximum atomic E-state index is 12.0. The van der Waals surface area contributed by atoms with Crippen LogP contribution in [0.15, 0.2) is 0 Å². The maximum absolute atomic E-state index is 12.0. The number of piperidine rings is 1. The summed E-state index contributed by atoms with van der Waals surface area (Å²) in [6.45, 7) is 7.18. The van der Waals surface area contributed by atoms with Gasteiger partial charge in [0.1, 0.15) is 0 Å². The molecule has 6 heteroatoms. The topological polar surface area (TPSA) is 58.6 Å². The molecule has 1 aliphatic heterocycles. The Morgan fingerprint density at radius 3 is 2.47 bits per heavy atom. The summed E-state index contributed by atoms with van der Waals surface area (Å²) in [4.78, 5) is 0. The van der Waals surface area contributed by atoms with E-state index in [1.165, 1.54) is 0 Å². The van der Waals surface area contributed by atoms with Gasteiger partial charge in [0.25, 0.3) is 0 Å². The minimum absolute atomic E-state index is 0.195. The van der Waals surface area contributed by atoms with Gasteiger partial charge in [-0.15, -0.1) is 0 Å². The summed E-state index contributed by atoms with van der Waals surface area (Å²) in [5.74, 6) is 0.195. The first-order valence-electron chi connectivity index (χ1n) is 6.40. The average Bonchev–Trinajstić information content (AvgIpc) is 2.30. The second-order valence-electron chi connectivity index (χ2n) is 4.22. The van der Waals surface area contributed by atoms with Crippen LogP contribution in [-0.4, -0.2) is 57.4 Å². The van der Waals surface area contributed by atoms with Crippen molar-refractivity contribution in [3.63, 3.8) is 0 Å². The number of hydrogen-bond acceptors (Lipinski definition) is 4. The van der Waals surface area contributed by atoms with Crippen LogP contribution in [0.3, 0.4) is 0 Å². The summed E-state index contributed by atoms with van der Waals surface area (Å²) in [5.41, 5.74) is 0. The standard InChI is InChI=1S/C11H24N2O3S/c1-3-12-7-10-17(14,15)13-8-5-11(6-9-13)16-4-2/h11-12H,3-10H2,1-2H3. The van der Waals surface area contributed by atoms with E-state index in [-0.39, 0.29) is 11.9 Å². The summed E-state index contributed by atoms with van der Waals surface area (Å²) >= 11 is 0. The highest BCUT2D eigenvalue weighted by atomic mass is 32.2. The van der Waals surface area contributed by atoms with Gasteiger partial charge in [0.15, 0.2) is 0 Å². The Labute approximate surface area is 105 Å². The van der Waals surface area contributed by atoms with Crippen LogP contribution in [0.1, 0.15) is 26.7 Å². The number of nitrogens with one attached hydrogen (secondary N) is 1. The molecular formula is C11H24N2O3S. The lowest BCUT2D eigenvalue weighted by atomic mass is 10.1. The molecule has 1 N–H and O–H groups in total. The molecule has 0 aromatic carbocycles. The normalized spacial score (nSPS) is 19.6. The molecule has 1 rings (SSSR count). The van der Waals surface area contributed by atoms with Gasteiger partial charge >= 0.3 is 0 Å². The summed E-state index contributed by atoms with van der Waals surface area (Å²) in [6.07, 6.45) is 1.86. The van der Waals surface area contributed by atoms with Crippen molar-refractivity contribution in [2.45, 2.75) is 32.8 Å². The molecule has 1 aliphatic rings. The minimum atomic E-state index is -3.08. The van der Waals surface area contributed by atoms with Gasteiger partial charge in [-0.25, -0.2) is 12.7 Å². The Morgan fingerprint density at radius 2 is 1.94 bits per heavy atom. The number of sulfonamides is 1.